The van der Waals surface area contributed by atoms with Gasteiger partial charge in [-0.2, -0.15) is 0 Å². The van der Waals surface area contributed by atoms with Crippen LogP contribution in [-0.2, 0) is 0 Å². The van der Waals surface area contributed by atoms with Crippen LogP contribution in [0, 0.1) is 13.8 Å². The molecule has 0 heterocycles. The Morgan fingerprint density at radius 2 is 1.52 bits per heavy atom. The van der Waals surface area contributed by atoms with Gasteiger partial charge in [-0.1, -0.05) is 55.6 Å². The Bertz CT molecular complexity index is 653. The fourth-order valence-corrected chi connectivity index (χ4v) is 4.09. The molecule has 2 nitrogen and oxygen atoms in total. The van der Waals surface area contributed by atoms with Gasteiger partial charge in [0.15, 0.2) is 11.5 Å². The molecule has 0 radical (unpaired) electrons. The molecule has 0 spiro atoms. The average Bonchev–Trinajstić information content (AvgIpc) is 2.46. The molecule has 2 aromatic carbocycles. The Morgan fingerprint density at radius 1 is 0.905 bits per heavy atom. The summed E-state index contributed by atoms with van der Waals surface area (Å²) < 4.78 is 11.7. The van der Waals surface area contributed by atoms with E-state index < -0.39 is 0 Å². The van der Waals surface area contributed by atoms with E-state index in [9.17, 15) is 0 Å². The van der Waals surface area contributed by atoms with Gasteiger partial charge in [0.1, 0.15) is 0 Å². The van der Waals surface area contributed by atoms with E-state index in [1.165, 1.54) is 16.7 Å². The third-order valence-corrected chi connectivity index (χ3v) is 5.15. The number of halogens is 2. The maximum absolute atomic E-state index is 5.40. The summed E-state index contributed by atoms with van der Waals surface area (Å²) in [5.41, 5.74) is 4.88. The Morgan fingerprint density at radius 3 is 2.10 bits per heavy atom. The van der Waals surface area contributed by atoms with E-state index in [1.54, 1.807) is 14.2 Å². The average molecular weight is 414 g/mol. The first-order chi connectivity index (χ1) is 9.97. The Hall–Kier alpha value is -1.00. The SMILES string of the molecule is COc1cc(Br)c(C(Br)c2ccc(C)cc2C)cc1OC. The van der Waals surface area contributed by atoms with Crippen molar-refractivity contribution in [1.82, 2.24) is 0 Å². The Kier molecular flexibility index (Phi) is 5.33. The van der Waals surface area contributed by atoms with E-state index in [-0.39, 0.29) is 4.83 Å². The molecular formula is C17H18Br2O2. The highest BCUT2D eigenvalue weighted by atomic mass is 79.9. The molecule has 0 aliphatic heterocycles. The molecule has 0 saturated heterocycles. The predicted octanol–water partition coefficient (Wildman–Crippen LogP) is 5.57. The third kappa shape index (κ3) is 3.43. The molecule has 0 aliphatic carbocycles. The van der Waals surface area contributed by atoms with Gasteiger partial charge in [-0.05, 0) is 42.7 Å². The minimum absolute atomic E-state index is 0.0901. The molecule has 1 unspecified atom stereocenters. The summed E-state index contributed by atoms with van der Waals surface area (Å²) in [5, 5.41) is 0. The van der Waals surface area contributed by atoms with Crippen molar-refractivity contribution >= 4 is 31.9 Å². The number of benzene rings is 2. The molecular weight excluding hydrogens is 396 g/mol. The van der Waals surface area contributed by atoms with E-state index >= 15 is 0 Å². The molecule has 0 aliphatic rings. The number of rotatable bonds is 4. The maximum Gasteiger partial charge on any atom is 0.161 e. The molecule has 0 saturated carbocycles. The lowest BCUT2D eigenvalue weighted by atomic mass is 9.98. The first-order valence-electron chi connectivity index (χ1n) is 6.60. The van der Waals surface area contributed by atoms with Crippen LogP contribution in [0.3, 0.4) is 0 Å². The van der Waals surface area contributed by atoms with Crippen molar-refractivity contribution in [1.29, 1.82) is 0 Å². The van der Waals surface area contributed by atoms with Crippen LogP contribution in [0.1, 0.15) is 27.1 Å². The van der Waals surface area contributed by atoms with Crippen molar-refractivity contribution in [2.75, 3.05) is 14.2 Å². The molecule has 1 atom stereocenters. The van der Waals surface area contributed by atoms with Gasteiger partial charge in [-0.15, -0.1) is 0 Å². The van der Waals surface area contributed by atoms with Gasteiger partial charge in [0.2, 0.25) is 0 Å². The van der Waals surface area contributed by atoms with Gasteiger partial charge < -0.3 is 9.47 Å². The zero-order valence-corrected chi connectivity index (χ0v) is 15.7. The molecule has 0 bridgehead atoms. The van der Waals surface area contributed by atoms with Crippen LogP contribution in [0.4, 0.5) is 0 Å². The summed E-state index contributed by atoms with van der Waals surface area (Å²) in [6.07, 6.45) is 0. The second kappa shape index (κ2) is 6.84. The number of ether oxygens (including phenoxy) is 2. The summed E-state index contributed by atoms with van der Waals surface area (Å²) in [5.74, 6) is 1.44. The fourth-order valence-electron chi connectivity index (χ4n) is 2.34. The lowest BCUT2D eigenvalue weighted by Crippen LogP contribution is -2.00. The molecule has 4 heteroatoms. The molecule has 0 amide bonds. The highest BCUT2D eigenvalue weighted by Gasteiger charge is 2.19. The normalized spacial score (nSPS) is 12.1. The van der Waals surface area contributed by atoms with Gasteiger partial charge in [-0.3, -0.25) is 0 Å². The third-order valence-electron chi connectivity index (χ3n) is 3.47. The predicted molar refractivity (Wildman–Crippen MR) is 93.9 cm³/mol. The second-order valence-corrected chi connectivity index (χ2v) is 6.72. The standard InChI is InChI=1S/C17H18Br2O2/c1-10-5-6-12(11(2)7-10)17(19)13-8-15(20-3)16(21-4)9-14(13)18/h5-9,17H,1-4H3. The topological polar surface area (TPSA) is 18.5 Å². The van der Waals surface area contributed by atoms with Crippen molar-refractivity contribution in [3.63, 3.8) is 0 Å². The number of alkyl halides is 1. The quantitative estimate of drug-likeness (QED) is 0.610. The monoisotopic (exact) mass is 412 g/mol. The zero-order chi connectivity index (χ0) is 15.6. The van der Waals surface area contributed by atoms with Crippen LogP contribution in [0.2, 0.25) is 0 Å². The molecule has 2 rings (SSSR count). The highest BCUT2D eigenvalue weighted by molar-refractivity contribution is 9.11. The van der Waals surface area contributed by atoms with Crippen molar-refractivity contribution in [2.24, 2.45) is 0 Å². The van der Waals surface area contributed by atoms with E-state index in [0.29, 0.717) is 5.75 Å². The first kappa shape index (κ1) is 16.4. The van der Waals surface area contributed by atoms with Crippen LogP contribution in [0.15, 0.2) is 34.8 Å². The lowest BCUT2D eigenvalue weighted by Gasteiger charge is -2.18. The summed E-state index contributed by atoms with van der Waals surface area (Å²) >= 11 is 7.43. The zero-order valence-electron chi connectivity index (χ0n) is 12.5. The summed E-state index contributed by atoms with van der Waals surface area (Å²) in [4.78, 5) is 0.0901. The van der Waals surface area contributed by atoms with Crippen molar-refractivity contribution in [3.05, 3.63) is 57.1 Å². The number of methoxy groups -OCH3 is 2. The summed E-state index contributed by atoms with van der Waals surface area (Å²) in [6, 6.07) is 10.4. The largest absolute Gasteiger partial charge is 0.493 e. The first-order valence-corrected chi connectivity index (χ1v) is 8.31. The van der Waals surface area contributed by atoms with Crippen LogP contribution in [0.5, 0.6) is 11.5 Å². The van der Waals surface area contributed by atoms with E-state index in [4.69, 9.17) is 9.47 Å². The van der Waals surface area contributed by atoms with Crippen molar-refractivity contribution < 1.29 is 9.47 Å². The van der Waals surface area contributed by atoms with Gasteiger partial charge in [0.05, 0.1) is 19.0 Å². The summed E-state index contributed by atoms with van der Waals surface area (Å²) in [7, 11) is 3.29. The van der Waals surface area contributed by atoms with Crippen LogP contribution < -0.4 is 9.47 Å². The van der Waals surface area contributed by atoms with Gasteiger partial charge in [-0.25, -0.2) is 0 Å². The molecule has 0 aromatic heterocycles. The number of hydrogen-bond donors (Lipinski definition) is 0. The van der Waals surface area contributed by atoms with Crippen molar-refractivity contribution in [3.8, 4) is 11.5 Å². The Balaban J connectivity index is 2.50. The molecule has 2 aromatic rings. The summed E-state index contributed by atoms with van der Waals surface area (Å²) in [6.45, 7) is 4.23. The van der Waals surface area contributed by atoms with Gasteiger partial charge in [0.25, 0.3) is 0 Å². The molecule has 0 fully saturated rings. The van der Waals surface area contributed by atoms with E-state index in [0.717, 1.165) is 15.8 Å². The van der Waals surface area contributed by atoms with Crippen LogP contribution in [-0.4, -0.2) is 14.2 Å². The van der Waals surface area contributed by atoms with Gasteiger partial charge in [0, 0.05) is 4.47 Å². The van der Waals surface area contributed by atoms with Crippen LogP contribution in [0.25, 0.3) is 0 Å². The lowest BCUT2D eigenvalue weighted by molar-refractivity contribution is 0.354. The highest BCUT2D eigenvalue weighted by Crippen LogP contribution is 2.42. The number of hydrogen-bond acceptors (Lipinski definition) is 2. The van der Waals surface area contributed by atoms with Crippen molar-refractivity contribution in [2.45, 2.75) is 18.7 Å². The van der Waals surface area contributed by atoms with Crippen LogP contribution >= 0.6 is 31.9 Å². The molecule has 21 heavy (non-hydrogen) atoms. The van der Waals surface area contributed by atoms with Gasteiger partial charge >= 0.3 is 0 Å². The Labute approximate surface area is 142 Å². The molecule has 0 N–H and O–H groups in total. The van der Waals surface area contributed by atoms with E-state index in [2.05, 4.69) is 63.9 Å². The molecule has 112 valence electrons. The smallest absolute Gasteiger partial charge is 0.161 e. The fraction of sp³-hybridized carbons (Fsp3) is 0.294. The maximum atomic E-state index is 5.40. The second-order valence-electron chi connectivity index (χ2n) is 4.95. The minimum atomic E-state index is 0.0901. The van der Waals surface area contributed by atoms with E-state index in [1.807, 2.05) is 12.1 Å². The minimum Gasteiger partial charge on any atom is -0.493 e. The number of aryl methyl sites for hydroxylation is 2.